The van der Waals surface area contributed by atoms with Crippen molar-refractivity contribution in [3.63, 3.8) is 0 Å². The molecule has 0 aliphatic heterocycles. The van der Waals surface area contributed by atoms with Gasteiger partial charge in [0.25, 0.3) is 0 Å². The molecule has 0 spiro atoms. The minimum absolute atomic E-state index is 0.0532. The van der Waals surface area contributed by atoms with Crippen LogP contribution in [0.15, 0.2) is 30.5 Å². The monoisotopic (exact) mass is 487 g/mol. The molecule has 0 aliphatic carbocycles. The quantitative estimate of drug-likeness (QED) is 0.264. The zero-order valence-electron chi connectivity index (χ0n) is 20.9. The first-order chi connectivity index (χ1) is 16.4. The second kappa shape index (κ2) is 12.3. The number of hydrogen-bond acceptors (Lipinski definition) is 5. The summed E-state index contributed by atoms with van der Waals surface area (Å²) in [6.45, 7) is 8.73. The molecule has 2 aromatic rings. The highest BCUT2D eigenvalue weighted by molar-refractivity contribution is 5.95. The molecule has 35 heavy (non-hydrogen) atoms. The van der Waals surface area contributed by atoms with Gasteiger partial charge < -0.3 is 31.8 Å². The van der Waals surface area contributed by atoms with Crippen LogP contribution in [0.5, 0.6) is 0 Å². The Morgan fingerprint density at radius 3 is 2.11 bits per heavy atom. The summed E-state index contributed by atoms with van der Waals surface area (Å²) < 4.78 is 0. The first-order valence-electron chi connectivity index (χ1n) is 11.8. The zero-order valence-corrected chi connectivity index (χ0v) is 20.9. The van der Waals surface area contributed by atoms with E-state index in [4.69, 9.17) is 5.73 Å². The van der Waals surface area contributed by atoms with E-state index in [0.717, 1.165) is 16.5 Å². The lowest BCUT2D eigenvalue weighted by atomic mass is 9.99. The number of H-pyrrole nitrogens is 1. The highest BCUT2D eigenvalue weighted by atomic mass is 16.4. The Balaban J connectivity index is 2.24. The number of rotatable bonds is 12. The minimum atomic E-state index is -1.14. The predicted molar refractivity (Wildman–Crippen MR) is 133 cm³/mol. The summed E-state index contributed by atoms with van der Waals surface area (Å²) in [5.41, 5.74) is 7.41. The minimum Gasteiger partial charge on any atom is -0.480 e. The van der Waals surface area contributed by atoms with Crippen LogP contribution in [0.3, 0.4) is 0 Å². The molecule has 0 aliphatic rings. The fourth-order valence-corrected chi connectivity index (χ4v) is 3.78. The summed E-state index contributed by atoms with van der Waals surface area (Å²) in [6, 6.07) is 3.70. The summed E-state index contributed by atoms with van der Waals surface area (Å²) in [5, 5.41) is 18.3. The van der Waals surface area contributed by atoms with Crippen LogP contribution in [0.2, 0.25) is 0 Å². The highest BCUT2D eigenvalue weighted by Gasteiger charge is 2.32. The predicted octanol–water partition coefficient (Wildman–Crippen LogP) is 1.30. The van der Waals surface area contributed by atoms with Crippen molar-refractivity contribution in [2.45, 2.75) is 71.6 Å². The SMILES string of the molecule is CC(C)C[C@H](NC(=O)[C@@H](NC(=O)[C@H](Cc1c[nH]c2ccccc12)NC(=O)[C@H](C)N)C(C)C)C(=O)O. The van der Waals surface area contributed by atoms with Crippen molar-refractivity contribution in [3.05, 3.63) is 36.0 Å². The number of aromatic amines is 1. The second-order valence-corrected chi connectivity index (χ2v) is 9.67. The maximum Gasteiger partial charge on any atom is 0.326 e. The van der Waals surface area contributed by atoms with Gasteiger partial charge in [0.05, 0.1) is 6.04 Å². The Bertz CT molecular complexity index is 1050. The Hall–Kier alpha value is -3.40. The average Bonchev–Trinajstić information content (AvgIpc) is 3.18. The summed E-state index contributed by atoms with van der Waals surface area (Å²) in [4.78, 5) is 53.4. The van der Waals surface area contributed by atoms with Crippen LogP contribution in [0.4, 0.5) is 0 Å². The number of carbonyl (C=O) groups is 4. The number of nitrogens with two attached hydrogens (primary N) is 1. The van der Waals surface area contributed by atoms with E-state index in [9.17, 15) is 24.3 Å². The number of benzene rings is 1. The molecule has 0 fully saturated rings. The summed E-state index contributed by atoms with van der Waals surface area (Å²) in [6.07, 6.45) is 2.21. The average molecular weight is 488 g/mol. The van der Waals surface area contributed by atoms with Gasteiger partial charge in [-0.3, -0.25) is 14.4 Å². The summed E-state index contributed by atoms with van der Waals surface area (Å²) >= 11 is 0. The standard InChI is InChI=1S/C25H37N5O5/c1-13(2)10-20(25(34)35)29-24(33)21(14(3)4)30-23(32)19(28-22(31)15(5)26)11-16-12-27-18-9-7-6-8-17(16)18/h6-9,12-15,19-21,27H,10-11,26H2,1-5H3,(H,28,31)(H,29,33)(H,30,32)(H,34,35)/t15-,19-,20-,21-/m0/s1. The fraction of sp³-hybridized carbons (Fsp3) is 0.520. The molecule has 4 atom stereocenters. The lowest BCUT2D eigenvalue weighted by molar-refractivity contribution is -0.143. The van der Waals surface area contributed by atoms with Crippen LogP contribution in [-0.4, -0.2) is 57.9 Å². The summed E-state index contributed by atoms with van der Waals surface area (Å²) in [7, 11) is 0. The van der Waals surface area contributed by atoms with Gasteiger partial charge in [-0.15, -0.1) is 0 Å². The molecule has 0 radical (unpaired) electrons. The molecular formula is C25H37N5O5. The van der Waals surface area contributed by atoms with Crippen LogP contribution in [0.25, 0.3) is 10.9 Å². The molecule has 10 heteroatoms. The van der Waals surface area contributed by atoms with E-state index in [1.54, 1.807) is 20.0 Å². The number of carboxylic acid groups (broad SMARTS) is 1. The molecule has 1 heterocycles. The lowest BCUT2D eigenvalue weighted by Crippen LogP contribution is -2.58. The van der Waals surface area contributed by atoms with E-state index in [-0.39, 0.29) is 24.7 Å². The van der Waals surface area contributed by atoms with Gasteiger partial charge in [-0.2, -0.15) is 0 Å². The first kappa shape index (κ1) is 27.8. The van der Waals surface area contributed by atoms with Gasteiger partial charge in [0, 0.05) is 23.5 Å². The number of nitrogens with one attached hydrogen (secondary N) is 4. The Kier molecular flexibility index (Phi) is 9.82. The van der Waals surface area contributed by atoms with E-state index in [2.05, 4.69) is 20.9 Å². The van der Waals surface area contributed by atoms with E-state index in [0.29, 0.717) is 0 Å². The Labute approximate surface area is 205 Å². The van der Waals surface area contributed by atoms with Gasteiger partial charge in [-0.1, -0.05) is 45.9 Å². The third-order valence-corrected chi connectivity index (χ3v) is 5.71. The van der Waals surface area contributed by atoms with Crippen molar-refractivity contribution in [1.29, 1.82) is 0 Å². The van der Waals surface area contributed by atoms with E-state index < -0.39 is 47.9 Å². The molecule has 192 valence electrons. The molecule has 3 amide bonds. The first-order valence-corrected chi connectivity index (χ1v) is 11.8. The van der Waals surface area contributed by atoms with E-state index >= 15 is 0 Å². The zero-order chi connectivity index (χ0) is 26.3. The molecular weight excluding hydrogens is 450 g/mol. The van der Waals surface area contributed by atoms with Crippen LogP contribution < -0.4 is 21.7 Å². The van der Waals surface area contributed by atoms with Gasteiger partial charge in [0.1, 0.15) is 18.1 Å². The third-order valence-electron chi connectivity index (χ3n) is 5.71. The topological polar surface area (TPSA) is 166 Å². The highest BCUT2D eigenvalue weighted by Crippen LogP contribution is 2.19. The number of aliphatic carboxylic acids is 1. The third kappa shape index (κ3) is 7.81. The van der Waals surface area contributed by atoms with Crippen LogP contribution in [0, 0.1) is 11.8 Å². The molecule has 0 saturated carbocycles. The second-order valence-electron chi connectivity index (χ2n) is 9.67. The van der Waals surface area contributed by atoms with Crippen molar-refractivity contribution < 1.29 is 24.3 Å². The molecule has 0 saturated heterocycles. The molecule has 7 N–H and O–H groups in total. The van der Waals surface area contributed by atoms with Crippen molar-refractivity contribution in [2.75, 3.05) is 0 Å². The number of para-hydroxylation sites is 1. The number of carbonyl (C=O) groups excluding carboxylic acids is 3. The van der Waals surface area contributed by atoms with Crippen LogP contribution in [-0.2, 0) is 25.6 Å². The van der Waals surface area contributed by atoms with Crippen molar-refractivity contribution >= 4 is 34.6 Å². The normalized spacial score (nSPS) is 14.9. The Morgan fingerprint density at radius 1 is 0.914 bits per heavy atom. The molecule has 2 rings (SSSR count). The van der Waals surface area contributed by atoms with E-state index in [1.165, 1.54) is 6.92 Å². The largest absolute Gasteiger partial charge is 0.480 e. The van der Waals surface area contributed by atoms with Gasteiger partial charge in [0.15, 0.2) is 0 Å². The maximum absolute atomic E-state index is 13.3. The van der Waals surface area contributed by atoms with Gasteiger partial charge in [-0.05, 0) is 36.8 Å². The smallest absolute Gasteiger partial charge is 0.326 e. The number of hydrogen-bond donors (Lipinski definition) is 6. The molecule has 10 nitrogen and oxygen atoms in total. The Morgan fingerprint density at radius 2 is 1.54 bits per heavy atom. The number of aromatic nitrogens is 1. The maximum atomic E-state index is 13.3. The lowest BCUT2D eigenvalue weighted by Gasteiger charge is -2.27. The number of fused-ring (bicyclic) bond motifs is 1. The van der Waals surface area contributed by atoms with Gasteiger partial charge in [-0.25, -0.2) is 4.79 Å². The van der Waals surface area contributed by atoms with Crippen LogP contribution in [0.1, 0.15) is 46.6 Å². The van der Waals surface area contributed by atoms with Gasteiger partial charge >= 0.3 is 5.97 Å². The molecule has 1 aromatic carbocycles. The van der Waals surface area contributed by atoms with Crippen molar-refractivity contribution in [3.8, 4) is 0 Å². The molecule has 0 bridgehead atoms. The van der Waals surface area contributed by atoms with Crippen LogP contribution >= 0.6 is 0 Å². The van der Waals surface area contributed by atoms with Crippen molar-refractivity contribution in [2.24, 2.45) is 17.6 Å². The van der Waals surface area contributed by atoms with Gasteiger partial charge in [0.2, 0.25) is 17.7 Å². The molecule has 0 unspecified atom stereocenters. The summed E-state index contributed by atoms with van der Waals surface area (Å²) in [5.74, 6) is -3.07. The molecule has 1 aromatic heterocycles. The number of amides is 3. The number of carboxylic acids is 1. The fourth-order valence-electron chi connectivity index (χ4n) is 3.78. The van der Waals surface area contributed by atoms with Crippen molar-refractivity contribution in [1.82, 2.24) is 20.9 Å². The van der Waals surface area contributed by atoms with E-state index in [1.807, 2.05) is 38.1 Å².